The highest BCUT2D eigenvalue weighted by atomic mass is 35.5. The summed E-state index contributed by atoms with van der Waals surface area (Å²) in [6.07, 6.45) is 6.94. The number of benzene rings is 1. The Bertz CT molecular complexity index is 723. The van der Waals surface area contributed by atoms with Crippen LogP contribution in [-0.4, -0.2) is 39.8 Å². The normalized spacial score (nSPS) is 15.0. The van der Waals surface area contributed by atoms with Crippen molar-refractivity contribution >= 4 is 29.1 Å². The van der Waals surface area contributed by atoms with E-state index in [9.17, 15) is 9.59 Å². The number of amides is 2. The number of nitrogens with zero attached hydrogens (tertiary/aromatic N) is 2. The van der Waals surface area contributed by atoms with E-state index >= 15 is 0 Å². The number of imidazole rings is 1. The van der Waals surface area contributed by atoms with Crippen LogP contribution in [0.2, 0.25) is 5.02 Å². The van der Waals surface area contributed by atoms with Gasteiger partial charge in [-0.1, -0.05) is 11.6 Å². The first-order valence-corrected chi connectivity index (χ1v) is 9.28. The van der Waals surface area contributed by atoms with Gasteiger partial charge in [0.2, 0.25) is 11.8 Å². The zero-order chi connectivity index (χ0) is 18.4. The fourth-order valence-electron chi connectivity index (χ4n) is 3.23. The third-order valence-corrected chi connectivity index (χ3v) is 4.98. The summed E-state index contributed by atoms with van der Waals surface area (Å²) in [5, 5.41) is 3.40. The lowest BCUT2D eigenvalue weighted by Gasteiger charge is -2.32. The fraction of sp³-hybridized carbons (Fsp3) is 0.421. The monoisotopic (exact) mass is 374 g/mol. The Morgan fingerprint density at radius 2 is 1.92 bits per heavy atom. The van der Waals surface area contributed by atoms with Crippen LogP contribution in [0.3, 0.4) is 0 Å². The number of piperidine rings is 1. The molecule has 2 amide bonds. The second-order valence-electron chi connectivity index (χ2n) is 6.66. The van der Waals surface area contributed by atoms with Gasteiger partial charge in [-0.3, -0.25) is 9.59 Å². The molecule has 7 heteroatoms. The molecule has 1 aliphatic heterocycles. The zero-order valence-corrected chi connectivity index (χ0v) is 15.3. The number of carbonyl (C=O) groups is 2. The minimum Gasteiger partial charge on any atom is -0.348 e. The van der Waals surface area contributed by atoms with Crippen LogP contribution in [0.25, 0.3) is 0 Å². The minimum absolute atomic E-state index is 0.0521. The van der Waals surface area contributed by atoms with Crippen LogP contribution in [0.4, 0.5) is 5.69 Å². The highest BCUT2D eigenvalue weighted by molar-refractivity contribution is 6.30. The molecular formula is C19H23ClN4O2. The molecule has 0 saturated carbocycles. The van der Waals surface area contributed by atoms with Crippen molar-refractivity contribution in [1.29, 1.82) is 0 Å². The van der Waals surface area contributed by atoms with Crippen LogP contribution in [0, 0.1) is 5.92 Å². The van der Waals surface area contributed by atoms with Crippen molar-refractivity contribution in [2.75, 3.05) is 18.4 Å². The van der Waals surface area contributed by atoms with E-state index in [1.807, 2.05) is 11.1 Å². The first kappa shape index (κ1) is 18.5. The molecule has 2 heterocycles. The molecule has 0 spiro atoms. The Kier molecular flexibility index (Phi) is 6.28. The number of H-pyrrole nitrogens is 1. The molecule has 1 aromatic heterocycles. The topological polar surface area (TPSA) is 78.1 Å². The van der Waals surface area contributed by atoms with Crippen LogP contribution >= 0.6 is 11.6 Å². The number of rotatable bonds is 6. The first-order valence-electron chi connectivity index (χ1n) is 8.90. The van der Waals surface area contributed by atoms with Gasteiger partial charge in [0.05, 0.1) is 6.33 Å². The standard InChI is InChI=1S/C19H23ClN4O2/c20-15-1-3-16(4-2-15)23-18(25)5-6-19(26)24-9-7-14(8-10-24)11-17-12-21-13-22-17/h1-4,12-14H,5-11H2,(H,21,22)(H,23,25). The van der Waals surface area contributed by atoms with E-state index in [0.29, 0.717) is 16.6 Å². The second-order valence-corrected chi connectivity index (χ2v) is 7.10. The number of likely N-dealkylation sites (tertiary alicyclic amines) is 1. The molecule has 6 nitrogen and oxygen atoms in total. The molecule has 1 aliphatic rings. The molecule has 3 rings (SSSR count). The number of nitrogens with one attached hydrogen (secondary N) is 2. The van der Waals surface area contributed by atoms with Gasteiger partial charge in [0, 0.05) is 48.5 Å². The SMILES string of the molecule is O=C(CCC(=O)N1CCC(Cc2cnc[nH]2)CC1)Nc1ccc(Cl)cc1. The molecule has 0 radical (unpaired) electrons. The van der Waals surface area contributed by atoms with E-state index < -0.39 is 0 Å². The first-order chi connectivity index (χ1) is 12.6. The van der Waals surface area contributed by atoms with Gasteiger partial charge >= 0.3 is 0 Å². The molecule has 0 bridgehead atoms. The maximum atomic E-state index is 12.3. The van der Waals surface area contributed by atoms with Gasteiger partial charge in [0.15, 0.2) is 0 Å². The molecule has 26 heavy (non-hydrogen) atoms. The summed E-state index contributed by atoms with van der Waals surface area (Å²) in [5.74, 6) is 0.471. The molecule has 1 fully saturated rings. The summed E-state index contributed by atoms with van der Waals surface area (Å²) in [4.78, 5) is 33.4. The zero-order valence-electron chi connectivity index (χ0n) is 14.6. The van der Waals surface area contributed by atoms with Crippen molar-refractivity contribution in [3.63, 3.8) is 0 Å². The summed E-state index contributed by atoms with van der Waals surface area (Å²) in [6.45, 7) is 1.52. The van der Waals surface area contributed by atoms with E-state index in [4.69, 9.17) is 11.6 Å². The van der Waals surface area contributed by atoms with Crippen molar-refractivity contribution in [3.05, 3.63) is 47.5 Å². The lowest BCUT2D eigenvalue weighted by molar-refractivity contribution is -0.134. The van der Waals surface area contributed by atoms with Crippen molar-refractivity contribution in [2.45, 2.75) is 32.1 Å². The maximum absolute atomic E-state index is 12.3. The molecule has 0 aliphatic carbocycles. The second kappa shape index (κ2) is 8.85. The summed E-state index contributed by atoms with van der Waals surface area (Å²) in [7, 11) is 0. The van der Waals surface area contributed by atoms with Crippen LogP contribution in [0.15, 0.2) is 36.8 Å². The number of carbonyl (C=O) groups excluding carboxylic acids is 2. The number of halogens is 1. The highest BCUT2D eigenvalue weighted by Crippen LogP contribution is 2.21. The average Bonchev–Trinajstić information content (AvgIpc) is 3.15. The summed E-state index contributed by atoms with van der Waals surface area (Å²) < 4.78 is 0. The molecule has 2 N–H and O–H groups in total. The Balaban J connectivity index is 1.37. The molecule has 0 unspecified atom stereocenters. The Labute approximate surface area is 157 Å². The van der Waals surface area contributed by atoms with E-state index in [1.165, 1.54) is 0 Å². The van der Waals surface area contributed by atoms with E-state index in [-0.39, 0.29) is 24.7 Å². The predicted octanol–water partition coefficient (Wildman–Crippen LogP) is 3.26. The lowest BCUT2D eigenvalue weighted by atomic mass is 9.92. The number of aromatic amines is 1. The fourth-order valence-corrected chi connectivity index (χ4v) is 3.36. The van der Waals surface area contributed by atoms with Crippen molar-refractivity contribution in [2.24, 2.45) is 5.92 Å². The highest BCUT2D eigenvalue weighted by Gasteiger charge is 2.23. The van der Waals surface area contributed by atoms with Gasteiger partial charge in [0.1, 0.15) is 0 Å². The lowest BCUT2D eigenvalue weighted by Crippen LogP contribution is -2.39. The van der Waals surface area contributed by atoms with Crippen molar-refractivity contribution in [1.82, 2.24) is 14.9 Å². The van der Waals surface area contributed by atoms with E-state index in [1.54, 1.807) is 30.6 Å². The van der Waals surface area contributed by atoms with Crippen molar-refractivity contribution < 1.29 is 9.59 Å². The summed E-state index contributed by atoms with van der Waals surface area (Å²) in [6, 6.07) is 6.92. The maximum Gasteiger partial charge on any atom is 0.224 e. The molecule has 2 aromatic rings. The van der Waals surface area contributed by atoms with Gasteiger partial charge < -0.3 is 15.2 Å². The van der Waals surface area contributed by atoms with Gasteiger partial charge in [-0.25, -0.2) is 4.98 Å². The molecule has 1 aromatic carbocycles. The quantitative estimate of drug-likeness (QED) is 0.814. The number of aromatic nitrogens is 2. The van der Waals surface area contributed by atoms with Gasteiger partial charge in [-0.05, 0) is 49.4 Å². The Hall–Kier alpha value is -2.34. The summed E-state index contributed by atoms with van der Waals surface area (Å²) in [5.41, 5.74) is 1.83. The largest absolute Gasteiger partial charge is 0.348 e. The minimum atomic E-state index is -0.158. The smallest absolute Gasteiger partial charge is 0.224 e. The Morgan fingerprint density at radius 1 is 1.19 bits per heavy atom. The van der Waals surface area contributed by atoms with E-state index in [0.717, 1.165) is 38.0 Å². The molecule has 1 saturated heterocycles. The Morgan fingerprint density at radius 3 is 2.58 bits per heavy atom. The third-order valence-electron chi connectivity index (χ3n) is 4.72. The molecular weight excluding hydrogens is 352 g/mol. The predicted molar refractivity (Wildman–Crippen MR) is 101 cm³/mol. The number of anilines is 1. The van der Waals surface area contributed by atoms with Crippen LogP contribution in [0.5, 0.6) is 0 Å². The van der Waals surface area contributed by atoms with E-state index in [2.05, 4.69) is 15.3 Å². The van der Waals surface area contributed by atoms with Crippen molar-refractivity contribution in [3.8, 4) is 0 Å². The van der Waals surface area contributed by atoms with Gasteiger partial charge in [-0.2, -0.15) is 0 Å². The molecule has 138 valence electrons. The van der Waals surface area contributed by atoms with Gasteiger partial charge in [-0.15, -0.1) is 0 Å². The van der Waals surface area contributed by atoms with Crippen LogP contribution in [0.1, 0.15) is 31.4 Å². The molecule has 0 atom stereocenters. The number of hydrogen-bond acceptors (Lipinski definition) is 3. The summed E-state index contributed by atoms with van der Waals surface area (Å²) >= 11 is 5.82. The van der Waals surface area contributed by atoms with Crippen LogP contribution in [-0.2, 0) is 16.0 Å². The third kappa shape index (κ3) is 5.33. The van der Waals surface area contributed by atoms with Gasteiger partial charge in [0.25, 0.3) is 0 Å². The van der Waals surface area contributed by atoms with Crippen LogP contribution < -0.4 is 5.32 Å². The average molecular weight is 375 g/mol. The number of hydrogen-bond donors (Lipinski definition) is 2.